The van der Waals surface area contributed by atoms with Gasteiger partial charge in [-0.1, -0.05) is 84.4 Å². The van der Waals surface area contributed by atoms with Gasteiger partial charge in [0.05, 0.1) is 10.6 Å². The highest BCUT2D eigenvalue weighted by Gasteiger charge is 2.35. The highest BCUT2D eigenvalue weighted by Crippen LogP contribution is 2.29. The van der Waals surface area contributed by atoms with Gasteiger partial charge in [-0.25, -0.2) is 8.42 Å². The number of rotatable bonds is 12. The van der Waals surface area contributed by atoms with Crippen LogP contribution in [0.4, 0.5) is 5.69 Å². The molecule has 0 radical (unpaired) electrons. The minimum absolute atomic E-state index is 0.0661. The summed E-state index contributed by atoms with van der Waals surface area (Å²) in [7, 11) is -4.16. The molecule has 0 saturated heterocycles. The molecule has 0 aliphatic carbocycles. The molecule has 0 bridgehead atoms. The number of hydrogen-bond donors (Lipinski definition) is 1. The van der Waals surface area contributed by atoms with Crippen molar-refractivity contribution in [2.75, 3.05) is 10.8 Å². The van der Waals surface area contributed by atoms with Gasteiger partial charge in [0, 0.05) is 24.0 Å². The number of carbonyl (C=O) groups is 2. The van der Waals surface area contributed by atoms with Crippen molar-refractivity contribution in [1.82, 2.24) is 10.2 Å². The molecule has 0 spiro atoms. The first-order chi connectivity index (χ1) is 21.0. The second-order valence-corrected chi connectivity index (χ2v) is 13.4. The molecule has 230 valence electrons. The molecule has 9 heteroatoms. The summed E-state index contributed by atoms with van der Waals surface area (Å²) in [6.45, 7) is 7.02. The van der Waals surface area contributed by atoms with Gasteiger partial charge < -0.3 is 10.2 Å². The van der Waals surface area contributed by atoms with Gasteiger partial charge in [-0.05, 0) is 80.3 Å². The number of anilines is 1. The molecule has 0 aromatic heterocycles. The lowest BCUT2D eigenvalue weighted by Gasteiger charge is -2.34. The Labute approximate surface area is 265 Å². The number of benzene rings is 4. The summed E-state index contributed by atoms with van der Waals surface area (Å²) in [5.41, 5.74) is 3.65. The molecule has 0 aliphatic heterocycles. The van der Waals surface area contributed by atoms with E-state index in [1.807, 2.05) is 64.1 Å². The number of nitrogens with one attached hydrogen (secondary N) is 1. The summed E-state index contributed by atoms with van der Waals surface area (Å²) >= 11 is 6.14. The number of amides is 2. The molecule has 4 aromatic carbocycles. The summed E-state index contributed by atoms with van der Waals surface area (Å²) in [5, 5.41) is 3.51. The Morgan fingerprint density at radius 3 is 2.02 bits per heavy atom. The third-order valence-corrected chi connectivity index (χ3v) is 9.45. The van der Waals surface area contributed by atoms with E-state index in [1.165, 1.54) is 17.0 Å². The van der Waals surface area contributed by atoms with Crippen LogP contribution in [0.25, 0.3) is 0 Å². The van der Waals surface area contributed by atoms with E-state index in [1.54, 1.807) is 54.6 Å². The van der Waals surface area contributed by atoms with Crippen LogP contribution in [0.1, 0.15) is 36.1 Å². The molecule has 7 nitrogen and oxygen atoms in total. The van der Waals surface area contributed by atoms with Gasteiger partial charge >= 0.3 is 0 Å². The highest BCUT2D eigenvalue weighted by molar-refractivity contribution is 7.92. The van der Waals surface area contributed by atoms with Crippen molar-refractivity contribution < 1.29 is 18.0 Å². The van der Waals surface area contributed by atoms with Crippen LogP contribution in [-0.4, -0.2) is 43.8 Å². The summed E-state index contributed by atoms with van der Waals surface area (Å²) in [6, 6.07) is 28.9. The smallest absolute Gasteiger partial charge is 0.264 e. The fraction of sp³-hybridized carbons (Fsp3) is 0.257. The fourth-order valence-corrected chi connectivity index (χ4v) is 6.58. The maximum absolute atomic E-state index is 14.5. The minimum Gasteiger partial charge on any atom is -0.352 e. The molecule has 0 aliphatic rings. The lowest BCUT2D eigenvalue weighted by molar-refractivity contribution is -0.140. The maximum atomic E-state index is 14.5. The summed E-state index contributed by atoms with van der Waals surface area (Å²) in [4.78, 5) is 29.8. The van der Waals surface area contributed by atoms with Crippen molar-refractivity contribution in [2.24, 2.45) is 0 Å². The monoisotopic (exact) mass is 631 g/mol. The van der Waals surface area contributed by atoms with Gasteiger partial charge in [0.15, 0.2) is 0 Å². The topological polar surface area (TPSA) is 86.8 Å². The van der Waals surface area contributed by atoms with Gasteiger partial charge in [0.1, 0.15) is 12.6 Å². The van der Waals surface area contributed by atoms with Crippen molar-refractivity contribution in [2.45, 2.75) is 57.6 Å². The molecular weight excluding hydrogens is 594 g/mol. The molecule has 44 heavy (non-hydrogen) atoms. The van der Waals surface area contributed by atoms with Crippen LogP contribution in [0.15, 0.2) is 108 Å². The zero-order chi connectivity index (χ0) is 31.9. The first-order valence-electron chi connectivity index (χ1n) is 14.5. The van der Waals surface area contributed by atoms with Gasteiger partial charge in [-0.15, -0.1) is 0 Å². The van der Waals surface area contributed by atoms with Gasteiger partial charge in [0.25, 0.3) is 10.0 Å². The third kappa shape index (κ3) is 8.07. The summed E-state index contributed by atoms with van der Waals surface area (Å²) in [5.74, 6) is -0.837. The lowest BCUT2D eigenvalue weighted by atomic mass is 10.0. The predicted molar refractivity (Wildman–Crippen MR) is 176 cm³/mol. The number of hydrogen-bond acceptors (Lipinski definition) is 4. The van der Waals surface area contributed by atoms with E-state index in [-0.39, 0.29) is 29.8 Å². The van der Waals surface area contributed by atoms with Crippen molar-refractivity contribution in [3.63, 3.8) is 0 Å². The minimum atomic E-state index is -4.16. The zero-order valence-electron chi connectivity index (χ0n) is 25.4. The molecular formula is C35H38ClN3O4S. The Bertz CT molecular complexity index is 1680. The highest BCUT2D eigenvalue weighted by atomic mass is 35.5. The van der Waals surface area contributed by atoms with Crippen LogP contribution in [-0.2, 0) is 32.6 Å². The number of sulfonamides is 1. The lowest BCUT2D eigenvalue weighted by Crippen LogP contribution is -2.54. The van der Waals surface area contributed by atoms with Crippen LogP contribution in [0.2, 0.25) is 5.02 Å². The van der Waals surface area contributed by atoms with Gasteiger partial charge in [-0.3, -0.25) is 13.9 Å². The largest absolute Gasteiger partial charge is 0.352 e. The molecule has 1 atom stereocenters. The average Bonchev–Trinajstić information content (AvgIpc) is 3.00. The SMILES string of the molecule is Cc1cccc(N(CC(=O)N(Cc2ccc(Cl)cc2)[C@@H](Cc2ccccc2)C(=O)NC(C)C)S(=O)(=O)c2ccccc2)c1C. The quantitative estimate of drug-likeness (QED) is 0.198. The second kappa shape index (κ2) is 14.6. The molecule has 0 heterocycles. The van der Waals surface area contributed by atoms with Gasteiger partial charge in [0.2, 0.25) is 11.8 Å². The first-order valence-corrected chi connectivity index (χ1v) is 16.3. The van der Waals surface area contributed by atoms with Crippen LogP contribution < -0.4 is 9.62 Å². The fourth-order valence-electron chi connectivity index (χ4n) is 4.96. The Kier molecular flexibility index (Phi) is 10.8. The van der Waals surface area contributed by atoms with Gasteiger partial charge in [-0.2, -0.15) is 0 Å². The molecule has 0 fully saturated rings. The van der Waals surface area contributed by atoms with E-state index in [0.29, 0.717) is 10.7 Å². The van der Waals surface area contributed by atoms with Crippen molar-refractivity contribution in [3.05, 3.63) is 130 Å². The summed E-state index contributed by atoms with van der Waals surface area (Å²) < 4.78 is 29.5. The molecule has 0 unspecified atom stereocenters. The van der Waals surface area contributed by atoms with E-state index >= 15 is 0 Å². The zero-order valence-corrected chi connectivity index (χ0v) is 27.0. The summed E-state index contributed by atoms with van der Waals surface area (Å²) in [6.07, 6.45) is 0.244. The maximum Gasteiger partial charge on any atom is 0.264 e. The molecule has 0 saturated carbocycles. The van der Waals surface area contributed by atoms with Crippen molar-refractivity contribution in [3.8, 4) is 0 Å². The number of halogens is 1. The molecule has 2 amide bonds. The normalized spacial score (nSPS) is 12.0. The van der Waals surface area contributed by atoms with Crippen LogP contribution in [0.3, 0.4) is 0 Å². The third-order valence-electron chi connectivity index (χ3n) is 7.42. The van der Waals surface area contributed by atoms with Crippen LogP contribution >= 0.6 is 11.6 Å². The van der Waals surface area contributed by atoms with E-state index in [2.05, 4.69) is 5.32 Å². The van der Waals surface area contributed by atoms with E-state index < -0.39 is 28.5 Å². The first kappa shape index (κ1) is 32.8. The number of aryl methyl sites for hydroxylation is 1. The molecule has 4 rings (SSSR count). The molecule has 1 N–H and O–H groups in total. The molecule has 4 aromatic rings. The van der Waals surface area contributed by atoms with Crippen molar-refractivity contribution in [1.29, 1.82) is 0 Å². The second-order valence-electron chi connectivity index (χ2n) is 11.1. The average molecular weight is 632 g/mol. The van der Waals surface area contributed by atoms with E-state index in [0.717, 1.165) is 26.6 Å². The Morgan fingerprint density at radius 2 is 1.41 bits per heavy atom. The Morgan fingerprint density at radius 1 is 0.795 bits per heavy atom. The number of carbonyl (C=O) groups excluding carboxylic acids is 2. The Balaban J connectivity index is 1.82. The van der Waals surface area contributed by atoms with Crippen LogP contribution in [0, 0.1) is 13.8 Å². The Hall–Kier alpha value is -4.14. The van der Waals surface area contributed by atoms with Crippen molar-refractivity contribution >= 4 is 39.1 Å². The van der Waals surface area contributed by atoms with Crippen LogP contribution in [0.5, 0.6) is 0 Å². The predicted octanol–water partition coefficient (Wildman–Crippen LogP) is 6.32. The van der Waals surface area contributed by atoms with E-state index in [9.17, 15) is 18.0 Å². The van der Waals surface area contributed by atoms with E-state index in [4.69, 9.17) is 11.6 Å². The standard InChI is InChI=1S/C35H38ClN3O4S/c1-25(2)37-35(41)33(22-28-13-7-5-8-14-28)38(23-29-18-20-30(36)21-19-29)34(40)24-39(32-17-11-12-26(3)27(32)4)44(42,43)31-15-9-6-10-16-31/h5-21,25,33H,22-24H2,1-4H3,(H,37,41)/t33-/m0/s1. The number of nitrogens with zero attached hydrogens (tertiary/aromatic N) is 2.